The Morgan fingerprint density at radius 3 is 2.43 bits per heavy atom. The number of pyridine rings is 1. The Morgan fingerprint density at radius 2 is 1.79 bits per heavy atom. The lowest BCUT2D eigenvalue weighted by molar-refractivity contribution is -0.147. The summed E-state index contributed by atoms with van der Waals surface area (Å²) in [4.78, 5) is 50.9. The molecule has 2 aromatic heterocycles. The molecule has 0 aliphatic rings. The standard InChI is InChI=1S/C32H34F3N5O5S2/c1-20-22(15-32(33,34)35)13-14-36-25(20)18-47(45)29-37-24-12-8-11-23(27(24)38-29)31(4,28(42)43)16-26(41)40(19-30(2,3)46-39-44)17-21-9-6-5-7-10-21/h5-14H,15-19H2,1-4H3,(H,37,38)(H,42,43). The van der Waals surface area contributed by atoms with E-state index in [-0.39, 0.29) is 51.9 Å². The lowest BCUT2D eigenvalue weighted by Crippen LogP contribution is -2.44. The van der Waals surface area contributed by atoms with Crippen LogP contribution < -0.4 is 0 Å². The van der Waals surface area contributed by atoms with Crippen LogP contribution >= 0.6 is 11.9 Å². The zero-order valence-electron chi connectivity index (χ0n) is 26.1. The number of H-pyrrole nitrogens is 1. The molecule has 47 heavy (non-hydrogen) atoms. The predicted molar refractivity (Wildman–Crippen MR) is 174 cm³/mol. The summed E-state index contributed by atoms with van der Waals surface area (Å²) >= 11 is -1.09. The third-order valence-corrected chi connectivity index (χ3v) is 9.65. The van der Waals surface area contributed by atoms with Crippen molar-refractivity contribution >= 4 is 46.0 Å². The van der Waals surface area contributed by atoms with Crippen molar-refractivity contribution in [2.45, 2.75) is 74.3 Å². The molecule has 2 atom stereocenters. The maximum Gasteiger partial charge on any atom is 0.393 e. The van der Waals surface area contributed by atoms with Crippen molar-refractivity contribution in [3.63, 3.8) is 0 Å². The van der Waals surface area contributed by atoms with Crippen molar-refractivity contribution in [2.24, 2.45) is 4.58 Å². The third kappa shape index (κ3) is 8.90. The monoisotopic (exact) mass is 689 g/mol. The molecule has 2 heterocycles. The Balaban J connectivity index is 1.65. The van der Waals surface area contributed by atoms with Gasteiger partial charge in [0.2, 0.25) is 5.91 Å². The van der Waals surface area contributed by atoms with Crippen LogP contribution in [-0.2, 0) is 44.9 Å². The molecule has 0 saturated carbocycles. The van der Waals surface area contributed by atoms with Crippen LogP contribution in [-0.4, -0.2) is 58.9 Å². The van der Waals surface area contributed by atoms with Gasteiger partial charge in [0.1, 0.15) is 5.41 Å². The molecule has 4 rings (SSSR count). The molecule has 1 amide bonds. The number of aromatic amines is 1. The molecule has 0 aliphatic carbocycles. The van der Waals surface area contributed by atoms with Gasteiger partial charge in [-0.05, 0) is 62.1 Å². The molecule has 0 saturated heterocycles. The van der Waals surface area contributed by atoms with Gasteiger partial charge < -0.3 is 14.6 Å². The smallest absolute Gasteiger partial charge is 0.393 e. The number of aliphatic carboxylic acids is 1. The van der Waals surface area contributed by atoms with Crippen molar-refractivity contribution < 1.29 is 32.4 Å². The predicted octanol–water partition coefficient (Wildman–Crippen LogP) is 6.63. The molecule has 15 heteroatoms. The summed E-state index contributed by atoms with van der Waals surface area (Å²) in [5.74, 6) is -1.97. The number of carbonyl (C=O) groups excluding carboxylic acids is 1. The molecule has 2 unspecified atom stereocenters. The molecule has 2 aromatic carbocycles. The number of rotatable bonds is 14. The number of benzene rings is 2. The number of alkyl halides is 3. The minimum Gasteiger partial charge on any atom is -0.609 e. The summed E-state index contributed by atoms with van der Waals surface area (Å²) in [6, 6.07) is 15.2. The number of para-hydroxylation sites is 1. The Morgan fingerprint density at radius 1 is 1.09 bits per heavy atom. The molecule has 0 radical (unpaired) electrons. The van der Waals surface area contributed by atoms with E-state index in [0.717, 1.165) is 17.5 Å². The van der Waals surface area contributed by atoms with Crippen LogP contribution in [0.15, 0.2) is 70.5 Å². The van der Waals surface area contributed by atoms with E-state index >= 15 is 0 Å². The molecule has 0 fully saturated rings. The highest BCUT2D eigenvalue weighted by Crippen LogP contribution is 2.36. The Bertz CT molecular complexity index is 1750. The summed E-state index contributed by atoms with van der Waals surface area (Å²) < 4.78 is 54.7. The number of carbonyl (C=O) groups is 2. The van der Waals surface area contributed by atoms with Crippen molar-refractivity contribution in [1.82, 2.24) is 19.9 Å². The van der Waals surface area contributed by atoms with E-state index in [4.69, 9.17) is 0 Å². The summed E-state index contributed by atoms with van der Waals surface area (Å²) in [6.07, 6.45) is -4.77. The molecular formula is C32H34F3N5O5S2. The first kappa shape index (κ1) is 35.9. The van der Waals surface area contributed by atoms with Crippen LogP contribution in [0.4, 0.5) is 13.2 Å². The first-order valence-corrected chi connectivity index (χ1v) is 16.6. The molecular weight excluding hydrogens is 656 g/mol. The fourth-order valence-electron chi connectivity index (χ4n) is 5.27. The van der Waals surface area contributed by atoms with Gasteiger partial charge in [0.05, 0.1) is 27.9 Å². The molecule has 0 bridgehead atoms. The summed E-state index contributed by atoms with van der Waals surface area (Å²) in [5.41, 5.74) is 0.371. The van der Waals surface area contributed by atoms with Crippen molar-refractivity contribution in [3.05, 3.63) is 93.6 Å². The minimum atomic E-state index is -4.42. The van der Waals surface area contributed by atoms with Crippen LogP contribution in [0.2, 0.25) is 0 Å². The average Bonchev–Trinajstić information content (AvgIpc) is 3.43. The Kier molecular flexibility index (Phi) is 11.0. The number of hydrogen-bond acceptors (Lipinski definition) is 8. The number of aromatic nitrogens is 3. The number of fused-ring (bicyclic) bond motifs is 1. The number of nitroso groups, excluding NO2 is 1. The van der Waals surface area contributed by atoms with Crippen LogP contribution in [0.5, 0.6) is 0 Å². The number of nitrogens with one attached hydrogen (secondary N) is 1. The number of carboxylic acid groups (broad SMARTS) is 1. The lowest BCUT2D eigenvalue weighted by Gasteiger charge is -2.33. The van der Waals surface area contributed by atoms with E-state index in [9.17, 15) is 37.3 Å². The second-order valence-electron chi connectivity index (χ2n) is 12.0. The highest BCUT2D eigenvalue weighted by Gasteiger charge is 2.42. The van der Waals surface area contributed by atoms with Crippen LogP contribution in [0.1, 0.15) is 55.1 Å². The number of halogens is 3. The average molecular weight is 690 g/mol. The van der Waals surface area contributed by atoms with Gasteiger partial charge in [-0.2, -0.15) is 18.2 Å². The summed E-state index contributed by atoms with van der Waals surface area (Å²) in [6.45, 7) is 6.72. The van der Waals surface area contributed by atoms with Crippen LogP contribution in [0.25, 0.3) is 11.0 Å². The Labute approximate surface area is 276 Å². The minimum absolute atomic E-state index is 0.0141. The fraction of sp³-hybridized carbons (Fsp3) is 0.375. The van der Waals surface area contributed by atoms with Crippen molar-refractivity contribution in [1.29, 1.82) is 0 Å². The zero-order chi connectivity index (χ0) is 34.6. The van der Waals surface area contributed by atoms with E-state index in [0.29, 0.717) is 5.52 Å². The van der Waals surface area contributed by atoms with Gasteiger partial charge in [0, 0.05) is 53.4 Å². The van der Waals surface area contributed by atoms with Gasteiger partial charge in [-0.25, -0.2) is 0 Å². The van der Waals surface area contributed by atoms with Crippen molar-refractivity contribution in [3.8, 4) is 0 Å². The van der Waals surface area contributed by atoms with E-state index in [1.807, 2.05) is 30.3 Å². The largest absolute Gasteiger partial charge is 0.609 e. The van der Waals surface area contributed by atoms with Gasteiger partial charge in [-0.1, -0.05) is 42.5 Å². The first-order valence-electron chi connectivity index (χ1n) is 14.5. The first-order chi connectivity index (χ1) is 22.0. The fourth-order valence-corrected chi connectivity index (χ4v) is 6.78. The van der Waals surface area contributed by atoms with Crippen molar-refractivity contribution in [2.75, 3.05) is 6.54 Å². The lowest BCUT2D eigenvalue weighted by atomic mass is 9.78. The SMILES string of the molecule is Cc1c(CC(F)(F)F)ccnc1C[S+]([O-])c1nc2cccc(C(C)(CC(=O)N(Cc3ccccc3)CC(C)(C)SN=O)C(=O)O)c2[nH]1. The normalized spacial score (nSPS) is 14.0. The highest BCUT2D eigenvalue weighted by molar-refractivity contribution is 7.99. The molecule has 10 nitrogen and oxygen atoms in total. The van der Waals surface area contributed by atoms with Crippen LogP contribution in [0.3, 0.4) is 0 Å². The second-order valence-corrected chi connectivity index (χ2v) is 14.8. The number of imidazole rings is 1. The van der Waals surface area contributed by atoms with E-state index in [2.05, 4.69) is 19.5 Å². The second kappa shape index (κ2) is 14.4. The molecule has 4 aromatic rings. The zero-order valence-corrected chi connectivity index (χ0v) is 27.8. The number of nitrogens with zero attached hydrogens (tertiary/aromatic N) is 4. The highest BCUT2D eigenvalue weighted by atomic mass is 32.2. The topological polar surface area (TPSA) is 152 Å². The van der Waals surface area contributed by atoms with Gasteiger partial charge >= 0.3 is 17.3 Å². The van der Waals surface area contributed by atoms with E-state index < -0.39 is 52.2 Å². The number of amides is 1. The molecule has 2 N–H and O–H groups in total. The Hall–Kier alpha value is -3.95. The summed E-state index contributed by atoms with van der Waals surface area (Å²) in [7, 11) is 0. The van der Waals surface area contributed by atoms with E-state index in [1.54, 1.807) is 32.0 Å². The number of hydrogen-bond donors (Lipinski definition) is 2. The van der Waals surface area contributed by atoms with E-state index in [1.165, 1.54) is 31.0 Å². The maximum atomic E-state index is 13.9. The van der Waals surface area contributed by atoms with Crippen LogP contribution in [0, 0.1) is 11.8 Å². The maximum absolute atomic E-state index is 13.9. The quantitative estimate of drug-likeness (QED) is 0.0850. The van der Waals surface area contributed by atoms with Gasteiger partial charge in [0.15, 0.2) is 5.75 Å². The third-order valence-electron chi connectivity index (χ3n) is 7.79. The number of carboxylic acids is 1. The molecule has 0 spiro atoms. The van der Waals surface area contributed by atoms with Gasteiger partial charge in [-0.3, -0.25) is 19.6 Å². The molecule has 250 valence electrons. The molecule has 0 aliphatic heterocycles. The van der Waals surface area contributed by atoms with Gasteiger partial charge in [-0.15, -0.1) is 4.91 Å². The summed E-state index contributed by atoms with van der Waals surface area (Å²) in [5, 5.41) is 10.5. The van der Waals surface area contributed by atoms with Gasteiger partial charge in [0.25, 0.3) is 0 Å².